The first-order valence-electron chi connectivity index (χ1n) is 5.96. The van der Waals surface area contributed by atoms with Crippen LogP contribution >= 0.6 is 0 Å². The number of anilines is 1. The second-order valence-corrected chi connectivity index (χ2v) is 4.44. The topological polar surface area (TPSA) is 23.5 Å². The van der Waals surface area contributed by atoms with Gasteiger partial charge in [0.15, 0.2) is 0 Å². The van der Waals surface area contributed by atoms with Gasteiger partial charge < -0.3 is 10.0 Å². The van der Waals surface area contributed by atoms with Crippen molar-refractivity contribution in [2.45, 2.75) is 13.0 Å². The lowest BCUT2D eigenvalue weighted by Crippen LogP contribution is -2.23. The van der Waals surface area contributed by atoms with E-state index in [4.69, 9.17) is 0 Å². The first-order valence-corrected chi connectivity index (χ1v) is 5.96. The molecule has 0 fully saturated rings. The molecule has 1 N–H and O–H groups in total. The van der Waals surface area contributed by atoms with Crippen LogP contribution in [0.3, 0.4) is 0 Å². The third-order valence-corrected chi connectivity index (χ3v) is 3.25. The average Bonchev–Trinajstić information content (AvgIpc) is 2.38. The Bertz CT molecular complexity index is 586. The molecule has 0 heterocycles. The maximum Gasteiger partial charge on any atom is 0.146 e. The quantitative estimate of drug-likeness (QED) is 0.908. The van der Waals surface area contributed by atoms with Gasteiger partial charge >= 0.3 is 0 Å². The van der Waals surface area contributed by atoms with E-state index < -0.39 is 5.82 Å². The van der Waals surface area contributed by atoms with E-state index in [0.717, 1.165) is 6.07 Å². The SMILES string of the molecule is CC(c1ccc(O)cc1F)N(C)c1ccccc1F. The van der Waals surface area contributed by atoms with E-state index in [1.54, 1.807) is 37.1 Å². The molecule has 0 bridgehead atoms. The van der Waals surface area contributed by atoms with E-state index in [1.165, 1.54) is 18.2 Å². The van der Waals surface area contributed by atoms with Crippen molar-refractivity contribution in [3.8, 4) is 5.75 Å². The Morgan fingerprint density at radius 1 is 1.05 bits per heavy atom. The Kier molecular flexibility index (Phi) is 3.69. The predicted octanol–water partition coefficient (Wildman–Crippen LogP) is 3.87. The fraction of sp³-hybridized carbons (Fsp3) is 0.200. The molecule has 0 aliphatic rings. The molecule has 2 nitrogen and oxygen atoms in total. The van der Waals surface area contributed by atoms with Gasteiger partial charge in [-0.2, -0.15) is 0 Å². The highest BCUT2D eigenvalue weighted by atomic mass is 19.1. The number of benzene rings is 2. The third-order valence-electron chi connectivity index (χ3n) is 3.25. The zero-order valence-electron chi connectivity index (χ0n) is 10.8. The molecule has 2 rings (SSSR count). The first-order chi connectivity index (χ1) is 9.00. The highest BCUT2D eigenvalue weighted by Crippen LogP contribution is 2.29. The molecule has 0 aliphatic carbocycles. The van der Waals surface area contributed by atoms with Crippen LogP contribution in [0, 0.1) is 11.6 Å². The standard InChI is InChI=1S/C15H15F2NO/c1-10(12-8-7-11(19)9-14(12)17)18(2)15-6-4-3-5-13(15)16/h3-10,19H,1-2H3. The molecule has 1 atom stereocenters. The van der Waals surface area contributed by atoms with Gasteiger partial charge in [-0.15, -0.1) is 0 Å². The first kappa shape index (κ1) is 13.3. The van der Waals surface area contributed by atoms with Gasteiger partial charge in [-0.1, -0.05) is 18.2 Å². The lowest BCUT2D eigenvalue weighted by Gasteiger charge is -2.28. The largest absolute Gasteiger partial charge is 0.508 e. The summed E-state index contributed by atoms with van der Waals surface area (Å²) in [6.07, 6.45) is 0. The molecule has 0 saturated carbocycles. The van der Waals surface area contributed by atoms with Gasteiger partial charge in [0.25, 0.3) is 0 Å². The van der Waals surface area contributed by atoms with Crippen molar-refractivity contribution in [3.63, 3.8) is 0 Å². The number of halogens is 2. The number of phenolic OH excluding ortho intramolecular Hbond substituents is 1. The van der Waals surface area contributed by atoms with E-state index in [2.05, 4.69) is 0 Å². The zero-order chi connectivity index (χ0) is 14.0. The maximum atomic E-state index is 13.8. The minimum Gasteiger partial charge on any atom is -0.508 e. The smallest absolute Gasteiger partial charge is 0.146 e. The van der Waals surface area contributed by atoms with Crippen LogP contribution in [0.5, 0.6) is 5.75 Å². The molecule has 4 heteroatoms. The summed E-state index contributed by atoms with van der Waals surface area (Å²) in [5.74, 6) is -0.978. The van der Waals surface area contributed by atoms with Gasteiger partial charge in [-0.05, 0) is 25.1 Å². The zero-order valence-corrected chi connectivity index (χ0v) is 10.8. The molecule has 100 valence electrons. The lowest BCUT2D eigenvalue weighted by molar-refractivity contribution is 0.466. The molecule has 0 amide bonds. The van der Waals surface area contributed by atoms with E-state index in [0.29, 0.717) is 11.3 Å². The average molecular weight is 263 g/mol. The molecule has 0 aromatic heterocycles. The van der Waals surface area contributed by atoms with Gasteiger partial charge in [0.2, 0.25) is 0 Å². The van der Waals surface area contributed by atoms with E-state index >= 15 is 0 Å². The summed E-state index contributed by atoms with van der Waals surface area (Å²) in [7, 11) is 1.70. The minimum atomic E-state index is -0.504. The van der Waals surface area contributed by atoms with Gasteiger partial charge in [-0.25, -0.2) is 8.78 Å². The number of para-hydroxylation sites is 1. The molecule has 1 unspecified atom stereocenters. The number of hydrogen-bond donors (Lipinski definition) is 1. The van der Waals surface area contributed by atoms with Crippen molar-refractivity contribution in [2.75, 3.05) is 11.9 Å². The number of phenols is 1. The molecular weight excluding hydrogens is 248 g/mol. The van der Waals surface area contributed by atoms with Crippen molar-refractivity contribution in [1.82, 2.24) is 0 Å². The number of rotatable bonds is 3. The Labute approximate surface area is 110 Å². The summed E-state index contributed by atoms with van der Waals surface area (Å²) in [4.78, 5) is 1.66. The van der Waals surface area contributed by atoms with Crippen LogP contribution in [0.15, 0.2) is 42.5 Å². The Hall–Kier alpha value is -2.10. The number of hydrogen-bond acceptors (Lipinski definition) is 2. The van der Waals surface area contributed by atoms with E-state index in [9.17, 15) is 13.9 Å². The van der Waals surface area contributed by atoms with Crippen LogP contribution < -0.4 is 4.90 Å². The van der Waals surface area contributed by atoms with E-state index in [1.807, 2.05) is 0 Å². The summed E-state index contributed by atoms with van der Waals surface area (Å²) in [6.45, 7) is 1.78. The van der Waals surface area contributed by atoms with Crippen LogP contribution in [0.2, 0.25) is 0 Å². The van der Waals surface area contributed by atoms with Crippen LogP contribution in [0.4, 0.5) is 14.5 Å². The summed E-state index contributed by atoms with van der Waals surface area (Å²) in [5.41, 5.74) is 0.811. The van der Waals surface area contributed by atoms with Crippen molar-refractivity contribution in [2.24, 2.45) is 0 Å². The van der Waals surface area contributed by atoms with Gasteiger partial charge in [0.05, 0.1) is 11.7 Å². The van der Waals surface area contributed by atoms with Crippen molar-refractivity contribution in [3.05, 3.63) is 59.7 Å². The molecule has 0 radical (unpaired) electrons. The molecule has 2 aromatic carbocycles. The van der Waals surface area contributed by atoms with Crippen molar-refractivity contribution in [1.29, 1.82) is 0 Å². The summed E-state index contributed by atoms with van der Waals surface area (Å²) in [5, 5.41) is 9.21. The van der Waals surface area contributed by atoms with Gasteiger partial charge in [0.1, 0.15) is 17.4 Å². The second kappa shape index (κ2) is 5.26. The molecular formula is C15H15F2NO. The number of nitrogens with zero attached hydrogens (tertiary/aromatic N) is 1. The molecule has 0 spiro atoms. The summed E-state index contributed by atoms with van der Waals surface area (Å²) in [6, 6.07) is 9.98. The number of aromatic hydroxyl groups is 1. The minimum absolute atomic E-state index is 0.123. The fourth-order valence-corrected chi connectivity index (χ4v) is 2.01. The Morgan fingerprint density at radius 3 is 2.37 bits per heavy atom. The maximum absolute atomic E-state index is 13.8. The van der Waals surface area contributed by atoms with Crippen molar-refractivity contribution < 1.29 is 13.9 Å². The Morgan fingerprint density at radius 2 is 1.74 bits per heavy atom. The van der Waals surface area contributed by atoms with Crippen LogP contribution in [-0.2, 0) is 0 Å². The van der Waals surface area contributed by atoms with E-state index in [-0.39, 0.29) is 17.6 Å². The second-order valence-electron chi connectivity index (χ2n) is 4.44. The van der Waals surface area contributed by atoms with Gasteiger partial charge in [0, 0.05) is 18.7 Å². The molecule has 2 aromatic rings. The highest BCUT2D eigenvalue weighted by molar-refractivity contribution is 5.49. The summed E-state index contributed by atoms with van der Waals surface area (Å²) < 4.78 is 27.5. The fourth-order valence-electron chi connectivity index (χ4n) is 2.01. The monoisotopic (exact) mass is 263 g/mol. The molecule has 0 saturated heterocycles. The van der Waals surface area contributed by atoms with Crippen LogP contribution in [0.1, 0.15) is 18.5 Å². The normalized spacial score (nSPS) is 12.2. The lowest BCUT2D eigenvalue weighted by atomic mass is 10.1. The highest BCUT2D eigenvalue weighted by Gasteiger charge is 2.18. The predicted molar refractivity (Wildman–Crippen MR) is 71.3 cm³/mol. The molecule has 19 heavy (non-hydrogen) atoms. The Balaban J connectivity index is 2.33. The van der Waals surface area contributed by atoms with Crippen LogP contribution in [0.25, 0.3) is 0 Å². The van der Waals surface area contributed by atoms with Gasteiger partial charge in [-0.3, -0.25) is 0 Å². The molecule has 0 aliphatic heterocycles. The van der Waals surface area contributed by atoms with Crippen molar-refractivity contribution >= 4 is 5.69 Å². The van der Waals surface area contributed by atoms with Crippen LogP contribution in [-0.4, -0.2) is 12.2 Å². The summed E-state index contributed by atoms with van der Waals surface area (Å²) >= 11 is 0. The third kappa shape index (κ3) is 2.67.